The highest BCUT2D eigenvalue weighted by Gasteiger charge is 2.34. The van der Waals surface area contributed by atoms with Gasteiger partial charge in [-0.25, -0.2) is 4.79 Å². The molecule has 7 amide bonds. The number of carboxylic acids is 1. The van der Waals surface area contributed by atoms with E-state index in [4.69, 9.17) is 0 Å². The van der Waals surface area contributed by atoms with Crippen LogP contribution in [0.5, 0.6) is 5.75 Å². The lowest BCUT2D eigenvalue weighted by Crippen LogP contribution is -2.61. The molecule has 8 atom stereocenters. The number of hydrogen-bond donors (Lipinski definition) is 12. The van der Waals surface area contributed by atoms with Crippen LogP contribution in [-0.2, 0) is 44.8 Å². The van der Waals surface area contributed by atoms with Crippen molar-refractivity contribution in [1.29, 1.82) is 0 Å². The van der Waals surface area contributed by atoms with Crippen LogP contribution in [0.1, 0.15) is 66.4 Å². The molecule has 1 fully saturated rings. The van der Waals surface area contributed by atoms with Gasteiger partial charge in [0.15, 0.2) is 6.04 Å². The van der Waals surface area contributed by atoms with Crippen LogP contribution in [0.2, 0.25) is 0 Å². The molecular weight excluding hydrogens is 748 g/mol. The van der Waals surface area contributed by atoms with Crippen LogP contribution < -0.4 is 42.5 Å². The number of hydrogen-bond acceptors (Lipinski definition) is 12. The van der Waals surface area contributed by atoms with Gasteiger partial charge < -0.3 is 63.0 Å². The molecule has 1 heterocycles. The summed E-state index contributed by atoms with van der Waals surface area (Å²) in [7, 11) is 0. The number of carbonyl (C=O) groups is 8. The van der Waals surface area contributed by atoms with Gasteiger partial charge in [0.25, 0.3) is 0 Å². The van der Waals surface area contributed by atoms with Gasteiger partial charge in [0.05, 0.1) is 25.3 Å². The second-order valence-electron chi connectivity index (χ2n) is 14.8. The predicted molar refractivity (Wildman–Crippen MR) is 204 cm³/mol. The van der Waals surface area contributed by atoms with E-state index in [0.717, 1.165) is 13.3 Å². The molecule has 0 saturated carbocycles. The third kappa shape index (κ3) is 16.0. The summed E-state index contributed by atoms with van der Waals surface area (Å²) in [6.07, 6.45) is 0.0365. The van der Waals surface area contributed by atoms with Crippen molar-refractivity contribution in [2.75, 3.05) is 19.7 Å². The Morgan fingerprint density at radius 1 is 0.737 bits per heavy atom. The van der Waals surface area contributed by atoms with Crippen LogP contribution in [0.4, 0.5) is 0 Å². The van der Waals surface area contributed by atoms with E-state index in [2.05, 4.69) is 37.2 Å². The first-order chi connectivity index (χ1) is 26.7. The topological polar surface area (TPSA) is 314 Å². The van der Waals surface area contributed by atoms with Crippen LogP contribution >= 0.6 is 0 Å². The molecule has 0 spiro atoms. The standard InChI is InChI=1S/C37H58N8O12/c1-18(2)14-25(41-28(49)16-39-32(51)24-8-7-13-38-24)34(53)44-29(19(3)4)36(55)42-26(15-22-9-11-23(48)12-10-22)33(52)40-20(5)31(50)43-27(17-46)35(54)45-30(21(6)47)37(56)57/h9-12,18-21,24-27,29-30,38,46-48H,7-8,13-17H2,1-6H3,(H,39,51)(H,40,52)(H,41,49)(H,42,55)(H,43,50)(H,44,53)(H,45,54)(H,56,57)/t20-,21+,24-,25-,26-,27-,29-,30-/m0/s1. The average molecular weight is 807 g/mol. The van der Waals surface area contributed by atoms with E-state index in [-0.39, 0.29) is 37.0 Å². The number of amides is 7. The molecule has 0 aromatic heterocycles. The molecule has 2 rings (SSSR count). The highest BCUT2D eigenvalue weighted by Crippen LogP contribution is 2.13. The van der Waals surface area contributed by atoms with Gasteiger partial charge in [0.1, 0.15) is 36.0 Å². The fraction of sp³-hybridized carbons (Fsp3) is 0.622. The number of benzene rings is 1. The summed E-state index contributed by atoms with van der Waals surface area (Å²) in [4.78, 5) is 103. The fourth-order valence-electron chi connectivity index (χ4n) is 5.79. The molecule has 57 heavy (non-hydrogen) atoms. The first-order valence-corrected chi connectivity index (χ1v) is 18.9. The summed E-state index contributed by atoms with van der Waals surface area (Å²) in [5.41, 5.74) is 0.495. The smallest absolute Gasteiger partial charge is 0.328 e. The molecule has 1 saturated heterocycles. The van der Waals surface area contributed by atoms with Crippen molar-refractivity contribution in [3.8, 4) is 5.75 Å². The van der Waals surface area contributed by atoms with Gasteiger partial charge in [-0.3, -0.25) is 33.6 Å². The van der Waals surface area contributed by atoms with E-state index in [9.17, 15) is 58.8 Å². The van der Waals surface area contributed by atoms with E-state index in [1.54, 1.807) is 13.8 Å². The molecule has 0 unspecified atom stereocenters. The Bertz CT molecular complexity index is 1570. The number of aliphatic carboxylic acids is 1. The lowest BCUT2D eigenvalue weighted by molar-refractivity contribution is -0.145. The second kappa shape index (κ2) is 23.0. The average Bonchev–Trinajstić information content (AvgIpc) is 3.69. The van der Waals surface area contributed by atoms with Crippen LogP contribution in [-0.4, -0.2) is 136 Å². The maximum absolute atomic E-state index is 13.8. The molecule has 1 aromatic rings. The molecular formula is C37H58N8O12. The fourth-order valence-corrected chi connectivity index (χ4v) is 5.79. The van der Waals surface area contributed by atoms with E-state index in [1.807, 2.05) is 19.2 Å². The maximum Gasteiger partial charge on any atom is 0.328 e. The van der Waals surface area contributed by atoms with Gasteiger partial charge in [0.2, 0.25) is 41.4 Å². The zero-order valence-electron chi connectivity index (χ0n) is 33.1. The van der Waals surface area contributed by atoms with E-state index in [0.29, 0.717) is 18.5 Å². The summed E-state index contributed by atoms with van der Waals surface area (Å²) < 4.78 is 0. The highest BCUT2D eigenvalue weighted by atomic mass is 16.4. The minimum atomic E-state index is -1.73. The molecule has 1 aromatic carbocycles. The van der Waals surface area contributed by atoms with Crippen molar-refractivity contribution in [3.63, 3.8) is 0 Å². The molecule has 20 heteroatoms. The quantitative estimate of drug-likeness (QED) is 0.0553. The first kappa shape index (κ1) is 47.8. The number of rotatable bonds is 22. The Morgan fingerprint density at radius 3 is 1.84 bits per heavy atom. The molecule has 12 N–H and O–H groups in total. The molecule has 318 valence electrons. The summed E-state index contributed by atoms with van der Waals surface area (Å²) in [6, 6.07) is -3.06. The Hall–Kier alpha value is -5.34. The lowest BCUT2D eigenvalue weighted by Gasteiger charge is -2.28. The summed E-state index contributed by atoms with van der Waals surface area (Å²) in [6.45, 7) is 8.75. The van der Waals surface area contributed by atoms with E-state index >= 15 is 0 Å². The molecule has 1 aliphatic heterocycles. The third-order valence-corrected chi connectivity index (χ3v) is 9.03. The minimum Gasteiger partial charge on any atom is -0.508 e. The molecule has 1 aliphatic rings. The van der Waals surface area contributed by atoms with Crippen molar-refractivity contribution < 1.29 is 58.8 Å². The van der Waals surface area contributed by atoms with Gasteiger partial charge in [-0.15, -0.1) is 0 Å². The van der Waals surface area contributed by atoms with E-state index in [1.165, 1.54) is 31.2 Å². The van der Waals surface area contributed by atoms with Gasteiger partial charge in [-0.1, -0.05) is 39.8 Å². The number of carbonyl (C=O) groups excluding carboxylic acids is 7. The number of carboxylic acid groups (broad SMARTS) is 1. The van der Waals surface area contributed by atoms with Crippen molar-refractivity contribution in [2.24, 2.45) is 11.8 Å². The monoisotopic (exact) mass is 806 g/mol. The predicted octanol–water partition coefficient (Wildman–Crippen LogP) is -3.11. The summed E-state index contributed by atoms with van der Waals surface area (Å²) in [5, 5.41) is 58.6. The zero-order chi connectivity index (χ0) is 43.0. The van der Waals surface area contributed by atoms with Crippen LogP contribution in [0.15, 0.2) is 24.3 Å². The number of aromatic hydroxyl groups is 1. The van der Waals surface area contributed by atoms with Gasteiger partial charge in [-0.05, 0) is 69.2 Å². The van der Waals surface area contributed by atoms with E-state index < -0.39 is 102 Å². The van der Waals surface area contributed by atoms with Crippen LogP contribution in [0.25, 0.3) is 0 Å². The molecule has 0 aliphatic carbocycles. The number of phenols is 1. The van der Waals surface area contributed by atoms with Gasteiger partial charge >= 0.3 is 5.97 Å². The van der Waals surface area contributed by atoms with Crippen LogP contribution in [0.3, 0.4) is 0 Å². The molecule has 0 radical (unpaired) electrons. The molecule has 0 bridgehead atoms. The van der Waals surface area contributed by atoms with Crippen molar-refractivity contribution in [1.82, 2.24) is 42.5 Å². The zero-order valence-corrected chi connectivity index (χ0v) is 33.1. The number of nitrogens with one attached hydrogen (secondary N) is 8. The lowest BCUT2D eigenvalue weighted by atomic mass is 9.98. The third-order valence-electron chi connectivity index (χ3n) is 9.03. The molecule has 20 nitrogen and oxygen atoms in total. The number of aliphatic hydroxyl groups is 2. The van der Waals surface area contributed by atoms with Crippen molar-refractivity contribution in [2.45, 2.75) is 116 Å². The Balaban J connectivity index is 2.20. The Kier molecular flexibility index (Phi) is 19.3. The number of aliphatic hydroxyl groups excluding tert-OH is 2. The Morgan fingerprint density at radius 2 is 1.32 bits per heavy atom. The summed E-state index contributed by atoms with van der Waals surface area (Å²) >= 11 is 0. The number of phenolic OH excluding ortho intramolecular Hbond substituents is 1. The normalized spacial score (nSPS) is 17.5. The highest BCUT2D eigenvalue weighted by molar-refractivity contribution is 5.97. The SMILES string of the molecule is CC(C)C[C@H](NC(=O)CNC(=O)[C@@H]1CCCN1)C(=O)N[C@H](C(=O)N[C@@H](Cc1ccc(O)cc1)C(=O)N[C@@H](C)C(=O)N[C@@H](CO)C(=O)N[C@H](C(=O)O)[C@@H](C)O)C(C)C. The largest absolute Gasteiger partial charge is 0.508 e. The summed E-state index contributed by atoms with van der Waals surface area (Å²) in [5.74, 6) is -7.52. The second-order valence-corrected chi connectivity index (χ2v) is 14.8. The first-order valence-electron chi connectivity index (χ1n) is 18.9. The van der Waals surface area contributed by atoms with Crippen LogP contribution in [0, 0.1) is 11.8 Å². The minimum absolute atomic E-state index is 0.0569. The maximum atomic E-state index is 13.8. The van der Waals surface area contributed by atoms with Crippen molar-refractivity contribution in [3.05, 3.63) is 29.8 Å². The Labute approximate surface area is 331 Å². The van der Waals surface area contributed by atoms with Gasteiger partial charge in [0, 0.05) is 6.42 Å². The van der Waals surface area contributed by atoms with Crippen molar-refractivity contribution >= 4 is 47.3 Å². The van der Waals surface area contributed by atoms with Gasteiger partial charge in [-0.2, -0.15) is 0 Å².